The van der Waals surface area contributed by atoms with Gasteiger partial charge in [0.25, 0.3) is 0 Å². The lowest BCUT2D eigenvalue weighted by atomic mass is 9.78. The first-order valence-corrected chi connectivity index (χ1v) is 12.0. The number of carbonyl (C=O) groups excluding carboxylic acids is 3. The SMILES string of the molecule is C=[N+](C(=O)C(C)NC(=O)CCC1=CCCN1)C1CC2CCC(C(C)C)=CC2=C(C)CC1=O. The number of hydrogen-bond donors (Lipinski definition) is 2. The van der Waals surface area contributed by atoms with Gasteiger partial charge in [-0.1, -0.05) is 37.1 Å². The van der Waals surface area contributed by atoms with Crippen LogP contribution in [0.3, 0.4) is 0 Å². The first-order valence-electron chi connectivity index (χ1n) is 12.0. The molecule has 6 heteroatoms. The fourth-order valence-electron chi connectivity index (χ4n) is 5.01. The Balaban J connectivity index is 1.62. The molecule has 6 nitrogen and oxygen atoms in total. The molecule has 3 aliphatic rings. The van der Waals surface area contributed by atoms with Gasteiger partial charge in [0.15, 0.2) is 6.04 Å². The van der Waals surface area contributed by atoms with Crippen LogP contribution in [0.15, 0.2) is 34.6 Å². The number of rotatable bonds is 7. The Kier molecular flexibility index (Phi) is 7.86. The predicted molar refractivity (Wildman–Crippen MR) is 126 cm³/mol. The zero-order chi connectivity index (χ0) is 23.4. The molecule has 2 N–H and O–H groups in total. The highest BCUT2D eigenvalue weighted by molar-refractivity contribution is 5.89. The molecule has 0 saturated heterocycles. The maximum atomic E-state index is 13.0. The second kappa shape index (κ2) is 10.4. The van der Waals surface area contributed by atoms with Crippen LogP contribution in [0.25, 0.3) is 0 Å². The highest BCUT2D eigenvalue weighted by Crippen LogP contribution is 2.39. The van der Waals surface area contributed by atoms with Gasteiger partial charge < -0.3 is 10.6 Å². The Labute approximate surface area is 191 Å². The van der Waals surface area contributed by atoms with Gasteiger partial charge in [-0.2, -0.15) is 4.58 Å². The molecule has 3 unspecified atom stereocenters. The molecule has 3 rings (SSSR count). The van der Waals surface area contributed by atoms with E-state index in [2.05, 4.69) is 43.4 Å². The summed E-state index contributed by atoms with van der Waals surface area (Å²) in [5, 5.41) is 6.03. The van der Waals surface area contributed by atoms with Crippen LogP contribution in [0, 0.1) is 11.8 Å². The average Bonchev–Trinajstić information content (AvgIpc) is 3.24. The fraction of sp³-hybridized carbons (Fsp3) is 0.615. The fourth-order valence-corrected chi connectivity index (χ4v) is 5.01. The van der Waals surface area contributed by atoms with Gasteiger partial charge in [-0.3, -0.25) is 9.59 Å². The third-order valence-electron chi connectivity index (χ3n) is 7.03. The van der Waals surface area contributed by atoms with Crippen molar-refractivity contribution in [2.24, 2.45) is 11.8 Å². The standard InChI is InChI=1S/C26H37N3O3/c1-16(2)19-8-9-20-15-23(24(30)13-17(3)22(20)14-19)29(5)26(32)18(4)28-25(31)11-10-21-7-6-12-27-21/h7,14,16,18,20,23,27H,5-6,8-13,15H2,1-4H3/p+1. The highest BCUT2D eigenvalue weighted by atomic mass is 16.2. The van der Waals surface area contributed by atoms with Crippen molar-refractivity contribution in [3.8, 4) is 0 Å². The van der Waals surface area contributed by atoms with Gasteiger partial charge in [0.1, 0.15) is 6.72 Å². The normalized spacial score (nSPS) is 24.2. The number of fused-ring (bicyclic) bond motifs is 1. The Hall–Kier alpha value is -2.50. The van der Waals surface area contributed by atoms with Crippen LogP contribution in [0.1, 0.15) is 72.6 Å². The minimum atomic E-state index is -0.714. The lowest BCUT2D eigenvalue weighted by Gasteiger charge is -2.27. The summed E-state index contributed by atoms with van der Waals surface area (Å²) in [5.74, 6) is 0.319. The zero-order valence-electron chi connectivity index (χ0n) is 20.0. The van der Waals surface area contributed by atoms with Crippen LogP contribution >= 0.6 is 0 Å². The third-order valence-corrected chi connectivity index (χ3v) is 7.03. The molecule has 0 aromatic carbocycles. The summed E-state index contributed by atoms with van der Waals surface area (Å²) in [5.41, 5.74) is 4.90. The van der Waals surface area contributed by atoms with E-state index in [9.17, 15) is 14.4 Å². The Bertz CT molecular complexity index is 894. The number of carbonyl (C=O) groups is 3. The molecule has 0 radical (unpaired) electrons. The summed E-state index contributed by atoms with van der Waals surface area (Å²) >= 11 is 0. The molecule has 2 aliphatic carbocycles. The van der Waals surface area contributed by atoms with E-state index in [1.165, 1.54) is 15.7 Å². The highest BCUT2D eigenvalue weighted by Gasteiger charge is 2.41. The summed E-state index contributed by atoms with van der Waals surface area (Å²) in [6, 6.07) is -1.27. The lowest BCUT2D eigenvalue weighted by molar-refractivity contribution is -0.470. The molecule has 0 spiro atoms. The van der Waals surface area contributed by atoms with Gasteiger partial charge in [0.05, 0.1) is 0 Å². The molecule has 0 saturated carbocycles. The number of nitrogens with one attached hydrogen (secondary N) is 2. The Morgan fingerprint density at radius 2 is 2.06 bits per heavy atom. The van der Waals surface area contributed by atoms with Gasteiger partial charge in [-0.15, -0.1) is 0 Å². The first-order chi connectivity index (χ1) is 15.2. The molecule has 0 aromatic rings. The van der Waals surface area contributed by atoms with Gasteiger partial charge in [-0.05, 0) is 56.9 Å². The van der Waals surface area contributed by atoms with Gasteiger partial charge in [0.2, 0.25) is 17.7 Å². The van der Waals surface area contributed by atoms with E-state index in [0.29, 0.717) is 31.6 Å². The van der Waals surface area contributed by atoms with E-state index in [-0.39, 0.29) is 23.5 Å². The average molecular weight is 441 g/mol. The van der Waals surface area contributed by atoms with Crippen LogP contribution in [0.2, 0.25) is 0 Å². The van der Waals surface area contributed by atoms with Crippen molar-refractivity contribution >= 4 is 24.3 Å². The topological polar surface area (TPSA) is 78.3 Å². The molecule has 3 atom stereocenters. The molecule has 1 heterocycles. The summed E-state index contributed by atoms with van der Waals surface area (Å²) in [4.78, 5) is 38.4. The number of Topliss-reactive ketones (excluding diaryl/α,β-unsaturated/α-hetero) is 1. The minimum Gasteiger partial charge on any atom is -0.388 e. The summed E-state index contributed by atoms with van der Waals surface area (Å²) in [6.07, 6.45) is 9.33. The predicted octanol–water partition coefficient (Wildman–Crippen LogP) is 3.43. The molecule has 174 valence electrons. The van der Waals surface area contributed by atoms with Crippen molar-refractivity contribution in [1.29, 1.82) is 0 Å². The van der Waals surface area contributed by atoms with E-state index in [4.69, 9.17) is 0 Å². The van der Waals surface area contributed by atoms with Crippen LogP contribution in [-0.2, 0) is 14.4 Å². The molecule has 32 heavy (non-hydrogen) atoms. The maximum absolute atomic E-state index is 13.0. The third kappa shape index (κ3) is 5.64. The van der Waals surface area contributed by atoms with Crippen molar-refractivity contribution in [1.82, 2.24) is 10.6 Å². The van der Waals surface area contributed by atoms with E-state index in [1.54, 1.807) is 6.92 Å². The van der Waals surface area contributed by atoms with Gasteiger partial charge in [0, 0.05) is 31.5 Å². The van der Waals surface area contributed by atoms with Crippen LogP contribution in [-0.4, -0.2) is 47.5 Å². The Morgan fingerprint density at radius 3 is 2.72 bits per heavy atom. The minimum absolute atomic E-state index is 0.0324. The molecule has 0 bridgehead atoms. The number of nitrogens with zero attached hydrogens (tertiary/aromatic N) is 1. The first kappa shape index (κ1) is 24.1. The Morgan fingerprint density at radius 1 is 1.31 bits per heavy atom. The smallest absolute Gasteiger partial charge is 0.388 e. The van der Waals surface area contributed by atoms with Crippen molar-refractivity contribution in [3.63, 3.8) is 0 Å². The molecule has 1 aliphatic heterocycles. The van der Waals surface area contributed by atoms with Crippen molar-refractivity contribution < 1.29 is 19.0 Å². The van der Waals surface area contributed by atoms with E-state index >= 15 is 0 Å². The largest absolute Gasteiger partial charge is 0.409 e. The summed E-state index contributed by atoms with van der Waals surface area (Å²) in [7, 11) is 0. The summed E-state index contributed by atoms with van der Waals surface area (Å²) < 4.78 is 1.33. The number of ketones is 1. The molecule has 0 fully saturated rings. The van der Waals surface area contributed by atoms with Crippen molar-refractivity contribution in [2.75, 3.05) is 6.54 Å². The van der Waals surface area contributed by atoms with Gasteiger partial charge in [-0.25, -0.2) is 4.79 Å². The molecule has 0 aromatic heterocycles. The molecular formula is C26H38N3O3+. The number of amides is 2. The second-order valence-corrected chi connectivity index (χ2v) is 9.78. The van der Waals surface area contributed by atoms with Crippen LogP contribution in [0.4, 0.5) is 0 Å². The zero-order valence-corrected chi connectivity index (χ0v) is 20.0. The number of allylic oxidation sites excluding steroid dienone is 5. The quantitative estimate of drug-likeness (QED) is 0.470. The monoisotopic (exact) mass is 440 g/mol. The van der Waals surface area contributed by atoms with E-state index in [0.717, 1.165) is 37.1 Å². The lowest BCUT2D eigenvalue weighted by Crippen LogP contribution is -2.48. The summed E-state index contributed by atoms with van der Waals surface area (Å²) in [6.45, 7) is 13.0. The number of hydrogen-bond acceptors (Lipinski definition) is 4. The maximum Gasteiger partial charge on any atom is 0.409 e. The van der Waals surface area contributed by atoms with Crippen molar-refractivity contribution in [2.45, 2.75) is 84.7 Å². The van der Waals surface area contributed by atoms with E-state index < -0.39 is 12.1 Å². The van der Waals surface area contributed by atoms with Crippen LogP contribution < -0.4 is 10.6 Å². The van der Waals surface area contributed by atoms with Gasteiger partial charge >= 0.3 is 5.91 Å². The van der Waals surface area contributed by atoms with Crippen LogP contribution in [0.5, 0.6) is 0 Å². The van der Waals surface area contributed by atoms with E-state index in [1.807, 2.05) is 6.92 Å². The van der Waals surface area contributed by atoms with Crippen molar-refractivity contribution in [3.05, 3.63) is 34.6 Å². The molecular weight excluding hydrogens is 402 g/mol. The second-order valence-electron chi connectivity index (χ2n) is 9.78. The molecule has 2 amide bonds.